The number of amides is 1. The molecule has 1 unspecified atom stereocenters. The molecule has 0 spiro atoms. The summed E-state index contributed by atoms with van der Waals surface area (Å²) in [5, 5.41) is 12.1. The zero-order valence-corrected chi connectivity index (χ0v) is 17.4. The molecule has 0 aliphatic carbocycles. The maximum atomic E-state index is 12.9. The molecule has 7 heteroatoms. The highest BCUT2D eigenvalue weighted by Crippen LogP contribution is 2.32. The van der Waals surface area contributed by atoms with Crippen molar-refractivity contribution >= 4 is 15.7 Å². The van der Waals surface area contributed by atoms with Crippen molar-refractivity contribution in [3.8, 4) is 11.8 Å². The summed E-state index contributed by atoms with van der Waals surface area (Å²) in [6.45, 7) is 0.211. The van der Waals surface area contributed by atoms with Crippen molar-refractivity contribution in [2.45, 2.75) is 24.0 Å². The van der Waals surface area contributed by atoms with Gasteiger partial charge in [0.25, 0.3) is 5.91 Å². The molecular weight excluding hydrogens is 412 g/mol. The summed E-state index contributed by atoms with van der Waals surface area (Å²) in [5.41, 5.74) is 2.33. The largest absolute Gasteiger partial charge is 0.489 e. The zero-order chi connectivity index (χ0) is 21.8. The SMILES string of the molecule is N#Cc1ccccc1COc1cccc(C(=O)NC2CCS(=O)(=O)c3ccccc32)c1. The Morgan fingerprint density at radius 1 is 1.06 bits per heavy atom. The van der Waals surface area contributed by atoms with E-state index in [0.717, 1.165) is 5.56 Å². The molecule has 31 heavy (non-hydrogen) atoms. The summed E-state index contributed by atoms with van der Waals surface area (Å²) in [6, 6.07) is 22.5. The maximum Gasteiger partial charge on any atom is 0.251 e. The average molecular weight is 433 g/mol. The molecule has 0 radical (unpaired) electrons. The first-order chi connectivity index (χ1) is 15.0. The maximum absolute atomic E-state index is 12.9. The molecule has 0 saturated heterocycles. The average Bonchev–Trinajstić information content (AvgIpc) is 2.80. The molecule has 0 aromatic heterocycles. The van der Waals surface area contributed by atoms with Crippen LogP contribution in [0.3, 0.4) is 0 Å². The molecule has 0 saturated carbocycles. The van der Waals surface area contributed by atoms with E-state index in [1.165, 1.54) is 0 Å². The standard InChI is InChI=1S/C24H20N2O4S/c25-15-18-6-1-2-7-19(18)16-30-20-9-5-8-17(14-20)24(27)26-22-12-13-31(28,29)23-11-4-3-10-21(22)23/h1-11,14,22H,12-13,16H2,(H,26,27). The molecule has 1 aliphatic rings. The Hall–Kier alpha value is -3.63. The third kappa shape index (κ3) is 4.44. The molecule has 6 nitrogen and oxygen atoms in total. The predicted molar refractivity (Wildman–Crippen MR) is 115 cm³/mol. The van der Waals surface area contributed by atoms with E-state index in [1.807, 2.05) is 12.1 Å². The fourth-order valence-electron chi connectivity index (χ4n) is 3.63. The molecule has 4 rings (SSSR count). The minimum absolute atomic E-state index is 0.00356. The normalized spacial score (nSPS) is 16.5. The van der Waals surface area contributed by atoms with Crippen LogP contribution in [0.5, 0.6) is 5.75 Å². The summed E-state index contributed by atoms with van der Waals surface area (Å²) in [4.78, 5) is 13.1. The van der Waals surface area contributed by atoms with Crippen molar-refractivity contribution in [3.63, 3.8) is 0 Å². The molecule has 1 aliphatic heterocycles. The Balaban J connectivity index is 1.48. The lowest BCUT2D eigenvalue weighted by Gasteiger charge is -2.26. The van der Waals surface area contributed by atoms with E-state index < -0.39 is 9.84 Å². The van der Waals surface area contributed by atoms with Gasteiger partial charge in [0.05, 0.1) is 28.3 Å². The van der Waals surface area contributed by atoms with Crippen LogP contribution in [0.2, 0.25) is 0 Å². The van der Waals surface area contributed by atoms with Crippen LogP contribution in [0.15, 0.2) is 77.7 Å². The highest BCUT2D eigenvalue weighted by molar-refractivity contribution is 7.91. The summed E-state index contributed by atoms with van der Waals surface area (Å²) in [7, 11) is -3.32. The number of rotatable bonds is 5. The Morgan fingerprint density at radius 3 is 2.68 bits per heavy atom. The highest BCUT2D eigenvalue weighted by Gasteiger charge is 2.30. The lowest BCUT2D eigenvalue weighted by Crippen LogP contribution is -2.33. The van der Waals surface area contributed by atoms with Gasteiger partial charge in [-0.05, 0) is 42.3 Å². The van der Waals surface area contributed by atoms with E-state index >= 15 is 0 Å². The molecule has 0 fully saturated rings. The second-order valence-corrected chi connectivity index (χ2v) is 9.33. The number of carbonyl (C=O) groups is 1. The molecule has 1 atom stereocenters. The van der Waals surface area contributed by atoms with Gasteiger partial charge in [-0.1, -0.05) is 42.5 Å². The van der Waals surface area contributed by atoms with Crippen LogP contribution in [0, 0.1) is 11.3 Å². The lowest BCUT2D eigenvalue weighted by atomic mass is 10.0. The van der Waals surface area contributed by atoms with Gasteiger partial charge in [-0.3, -0.25) is 4.79 Å². The van der Waals surface area contributed by atoms with Crippen LogP contribution in [0.25, 0.3) is 0 Å². The molecule has 156 valence electrons. The van der Waals surface area contributed by atoms with E-state index in [1.54, 1.807) is 60.7 Å². The second kappa shape index (κ2) is 8.62. The van der Waals surface area contributed by atoms with Crippen LogP contribution in [0.4, 0.5) is 0 Å². The molecule has 1 amide bonds. The topological polar surface area (TPSA) is 96.3 Å². The van der Waals surface area contributed by atoms with Crippen LogP contribution >= 0.6 is 0 Å². The van der Waals surface area contributed by atoms with Crippen molar-refractivity contribution in [2.75, 3.05) is 5.75 Å². The van der Waals surface area contributed by atoms with Crippen molar-refractivity contribution < 1.29 is 17.9 Å². The van der Waals surface area contributed by atoms with Gasteiger partial charge in [-0.15, -0.1) is 0 Å². The molecule has 0 bridgehead atoms. The van der Waals surface area contributed by atoms with Gasteiger partial charge in [0.1, 0.15) is 12.4 Å². The van der Waals surface area contributed by atoms with Gasteiger partial charge in [-0.2, -0.15) is 5.26 Å². The van der Waals surface area contributed by atoms with Gasteiger partial charge in [0.15, 0.2) is 9.84 Å². The second-order valence-electron chi connectivity index (χ2n) is 7.26. The van der Waals surface area contributed by atoms with Gasteiger partial charge in [-0.25, -0.2) is 8.42 Å². The van der Waals surface area contributed by atoms with E-state index in [0.29, 0.717) is 28.9 Å². The fraction of sp³-hybridized carbons (Fsp3) is 0.167. The molecule has 3 aromatic rings. The number of hydrogen-bond acceptors (Lipinski definition) is 5. The van der Waals surface area contributed by atoms with E-state index in [2.05, 4.69) is 11.4 Å². The third-order valence-corrected chi connectivity index (χ3v) is 7.05. The Kier molecular flexibility index (Phi) is 5.74. The Bertz CT molecular complexity index is 1280. The van der Waals surface area contributed by atoms with Gasteiger partial charge in [0.2, 0.25) is 0 Å². The fourth-order valence-corrected chi connectivity index (χ4v) is 5.25. The highest BCUT2D eigenvalue weighted by atomic mass is 32.2. The van der Waals surface area contributed by atoms with Crippen molar-refractivity contribution in [3.05, 3.63) is 95.1 Å². The van der Waals surface area contributed by atoms with E-state index in [-0.39, 0.29) is 29.2 Å². The monoisotopic (exact) mass is 432 g/mol. The molecule has 1 N–H and O–H groups in total. The number of hydrogen-bond donors (Lipinski definition) is 1. The number of sulfone groups is 1. The first-order valence-corrected chi connectivity index (χ1v) is 11.5. The van der Waals surface area contributed by atoms with Crippen LogP contribution in [0.1, 0.15) is 39.5 Å². The smallest absolute Gasteiger partial charge is 0.251 e. The number of nitriles is 1. The molecular formula is C24H20N2O4S. The minimum atomic E-state index is -3.32. The van der Waals surface area contributed by atoms with Crippen LogP contribution in [-0.4, -0.2) is 20.1 Å². The van der Waals surface area contributed by atoms with Crippen molar-refractivity contribution in [1.82, 2.24) is 5.32 Å². The first kappa shape index (κ1) is 20.6. The van der Waals surface area contributed by atoms with Gasteiger partial charge >= 0.3 is 0 Å². The van der Waals surface area contributed by atoms with E-state index in [4.69, 9.17) is 4.74 Å². The molecule has 3 aromatic carbocycles. The van der Waals surface area contributed by atoms with Crippen molar-refractivity contribution in [2.24, 2.45) is 0 Å². The predicted octanol–water partition coefficient (Wildman–Crippen LogP) is 3.79. The first-order valence-electron chi connectivity index (χ1n) is 9.81. The summed E-state index contributed by atoms with van der Waals surface area (Å²) < 4.78 is 30.4. The third-order valence-electron chi connectivity index (χ3n) is 5.24. The Morgan fingerprint density at radius 2 is 1.84 bits per heavy atom. The van der Waals surface area contributed by atoms with Crippen LogP contribution < -0.4 is 10.1 Å². The minimum Gasteiger partial charge on any atom is -0.489 e. The zero-order valence-electron chi connectivity index (χ0n) is 16.6. The van der Waals surface area contributed by atoms with Gasteiger partial charge < -0.3 is 10.1 Å². The lowest BCUT2D eigenvalue weighted by molar-refractivity contribution is 0.0934. The quantitative estimate of drug-likeness (QED) is 0.662. The summed E-state index contributed by atoms with van der Waals surface area (Å²) >= 11 is 0. The van der Waals surface area contributed by atoms with Crippen LogP contribution in [-0.2, 0) is 16.4 Å². The van der Waals surface area contributed by atoms with Gasteiger partial charge in [0, 0.05) is 11.1 Å². The number of benzene rings is 3. The van der Waals surface area contributed by atoms with E-state index in [9.17, 15) is 18.5 Å². The number of carbonyl (C=O) groups excluding carboxylic acids is 1. The van der Waals surface area contributed by atoms with Crippen molar-refractivity contribution in [1.29, 1.82) is 5.26 Å². The summed E-state index contributed by atoms with van der Waals surface area (Å²) in [5.74, 6) is 0.199. The number of fused-ring (bicyclic) bond motifs is 1. The number of nitrogens with one attached hydrogen (secondary N) is 1. The Labute approximate surface area is 181 Å². The number of nitrogens with zero attached hydrogens (tertiary/aromatic N) is 1. The number of ether oxygens (including phenoxy) is 1. The summed E-state index contributed by atoms with van der Waals surface area (Å²) in [6.07, 6.45) is 0.326. The molecule has 1 heterocycles.